The molecule has 3 aromatic rings. The first-order chi connectivity index (χ1) is 15.2. The van der Waals surface area contributed by atoms with Crippen molar-refractivity contribution >= 4 is 34.2 Å². The summed E-state index contributed by atoms with van der Waals surface area (Å²) < 4.78 is 17.1. The second-order valence-corrected chi connectivity index (χ2v) is 8.53. The summed E-state index contributed by atoms with van der Waals surface area (Å²) >= 11 is 0. The van der Waals surface area contributed by atoms with E-state index in [2.05, 4.69) is 5.32 Å². The number of anilines is 2. The summed E-state index contributed by atoms with van der Waals surface area (Å²) in [7, 11) is 0. The Kier molecular flexibility index (Phi) is 4.54. The zero-order valence-corrected chi connectivity index (χ0v) is 17.7. The van der Waals surface area contributed by atoms with Crippen molar-refractivity contribution in [3.05, 3.63) is 69.3 Å². The number of halogens is 1. The van der Waals surface area contributed by atoms with Gasteiger partial charge in [-0.25, -0.2) is 9.18 Å². The van der Waals surface area contributed by atoms with Crippen molar-refractivity contribution in [3.8, 4) is 0 Å². The number of nitrogens with one attached hydrogen (secondary N) is 1. The van der Waals surface area contributed by atoms with Crippen LogP contribution < -0.4 is 15.6 Å². The number of carbonyl (C=O) groups excluding carboxylic acids is 1. The number of hydrogen-bond acceptors (Lipinski definition) is 4. The summed E-state index contributed by atoms with van der Waals surface area (Å²) in [5.41, 5.74) is 2.60. The molecule has 1 amide bonds. The third kappa shape index (κ3) is 3.23. The first kappa shape index (κ1) is 20.2. The van der Waals surface area contributed by atoms with Crippen LogP contribution in [-0.4, -0.2) is 21.6 Å². The number of amides is 1. The van der Waals surface area contributed by atoms with E-state index in [0.29, 0.717) is 23.4 Å². The molecule has 8 heteroatoms. The molecule has 5 rings (SSSR count). The zero-order valence-electron chi connectivity index (χ0n) is 17.7. The Bertz CT molecular complexity index is 1360. The molecular weight excluding hydrogens is 413 g/mol. The van der Waals surface area contributed by atoms with Gasteiger partial charge in [-0.15, -0.1) is 0 Å². The van der Waals surface area contributed by atoms with Crippen LogP contribution in [0.2, 0.25) is 0 Å². The van der Waals surface area contributed by atoms with E-state index in [1.807, 2.05) is 30.0 Å². The van der Waals surface area contributed by atoms with Crippen LogP contribution in [0.1, 0.15) is 60.3 Å². The summed E-state index contributed by atoms with van der Waals surface area (Å²) in [5.74, 6) is -2.04. The van der Waals surface area contributed by atoms with E-state index in [4.69, 9.17) is 0 Å². The molecule has 164 valence electrons. The van der Waals surface area contributed by atoms with Gasteiger partial charge in [-0.1, -0.05) is 6.07 Å². The minimum atomic E-state index is -1.31. The summed E-state index contributed by atoms with van der Waals surface area (Å²) in [5, 5.41) is 12.3. The van der Waals surface area contributed by atoms with Gasteiger partial charge in [0.15, 0.2) is 0 Å². The zero-order chi connectivity index (χ0) is 22.7. The smallest absolute Gasteiger partial charge is 0.341 e. The fourth-order valence-electron chi connectivity index (χ4n) is 4.60. The summed E-state index contributed by atoms with van der Waals surface area (Å²) in [6, 6.07) is 8.49. The highest BCUT2D eigenvalue weighted by molar-refractivity contribution is 5.94. The second-order valence-electron chi connectivity index (χ2n) is 8.53. The maximum absolute atomic E-state index is 15.3. The quantitative estimate of drug-likeness (QED) is 0.641. The Morgan fingerprint density at radius 1 is 1.19 bits per heavy atom. The average Bonchev–Trinajstić information content (AvgIpc) is 3.52. The predicted molar refractivity (Wildman–Crippen MR) is 119 cm³/mol. The molecule has 1 atom stereocenters. The number of aromatic nitrogens is 1. The Balaban J connectivity index is 1.61. The Hall–Kier alpha value is -3.68. The molecule has 7 nitrogen and oxygen atoms in total. The molecule has 32 heavy (non-hydrogen) atoms. The first-order valence-corrected chi connectivity index (χ1v) is 10.5. The number of carbonyl (C=O) groups is 2. The second kappa shape index (κ2) is 7.19. The van der Waals surface area contributed by atoms with Crippen molar-refractivity contribution in [3.63, 3.8) is 0 Å². The van der Waals surface area contributed by atoms with Crippen molar-refractivity contribution in [1.82, 2.24) is 4.57 Å². The molecular formula is C24H22FN3O4. The molecule has 1 saturated carbocycles. The molecule has 1 aromatic heterocycles. The minimum absolute atomic E-state index is 0.0790. The van der Waals surface area contributed by atoms with Crippen molar-refractivity contribution in [1.29, 1.82) is 0 Å². The van der Waals surface area contributed by atoms with Crippen LogP contribution in [0.4, 0.5) is 15.8 Å². The summed E-state index contributed by atoms with van der Waals surface area (Å²) in [6.45, 7) is 3.88. The monoisotopic (exact) mass is 435 g/mol. The van der Waals surface area contributed by atoms with Crippen LogP contribution in [0.25, 0.3) is 10.9 Å². The standard InChI is InChI=1S/C24H22FN3O4/c1-12-17-6-3-15(26-13(2)29)7-14(17)10-27(12)22-9-21-18(8-20(22)25)23(30)19(24(31)32)11-28(21)16-4-5-16/h3,6-9,11-12,16H,4-5,10H2,1-2H3,(H,26,29)(H,31,32). The molecule has 2 aliphatic rings. The van der Waals surface area contributed by atoms with Gasteiger partial charge in [-0.2, -0.15) is 0 Å². The average molecular weight is 435 g/mol. The van der Waals surface area contributed by atoms with Crippen LogP contribution in [0.15, 0.2) is 41.3 Å². The van der Waals surface area contributed by atoms with Gasteiger partial charge in [-0.3, -0.25) is 9.59 Å². The van der Waals surface area contributed by atoms with E-state index in [-0.39, 0.29) is 28.9 Å². The fraction of sp³-hybridized carbons (Fsp3) is 0.292. The number of hydrogen-bond donors (Lipinski definition) is 2. The van der Waals surface area contributed by atoms with E-state index < -0.39 is 17.2 Å². The van der Waals surface area contributed by atoms with Crippen LogP contribution in [0.5, 0.6) is 0 Å². The normalized spacial score (nSPS) is 17.5. The van der Waals surface area contributed by atoms with E-state index in [0.717, 1.165) is 30.0 Å². The number of fused-ring (bicyclic) bond motifs is 2. The van der Waals surface area contributed by atoms with Crippen molar-refractivity contribution in [2.45, 2.75) is 45.3 Å². The van der Waals surface area contributed by atoms with Crippen molar-refractivity contribution in [2.24, 2.45) is 0 Å². The van der Waals surface area contributed by atoms with Gasteiger partial charge in [0, 0.05) is 36.8 Å². The number of carboxylic acid groups (broad SMARTS) is 1. The molecule has 0 bridgehead atoms. The number of benzene rings is 2. The summed E-state index contributed by atoms with van der Waals surface area (Å²) in [6.07, 6.45) is 3.16. The van der Waals surface area contributed by atoms with E-state index in [9.17, 15) is 19.5 Å². The minimum Gasteiger partial charge on any atom is -0.477 e. The van der Waals surface area contributed by atoms with Gasteiger partial charge in [-0.05, 0) is 55.2 Å². The number of carboxylic acids is 1. The molecule has 2 N–H and O–H groups in total. The molecule has 2 heterocycles. The Morgan fingerprint density at radius 2 is 1.94 bits per heavy atom. The lowest BCUT2D eigenvalue weighted by Gasteiger charge is -2.25. The Labute approximate surface area is 183 Å². The van der Waals surface area contributed by atoms with Gasteiger partial charge >= 0.3 is 5.97 Å². The lowest BCUT2D eigenvalue weighted by atomic mass is 10.0. The molecule has 0 saturated heterocycles. The van der Waals surface area contributed by atoms with E-state index in [1.54, 1.807) is 10.6 Å². The molecule has 2 aromatic carbocycles. The van der Waals surface area contributed by atoms with Crippen LogP contribution in [0, 0.1) is 5.82 Å². The fourth-order valence-corrected chi connectivity index (χ4v) is 4.60. The lowest BCUT2D eigenvalue weighted by molar-refractivity contribution is -0.114. The highest BCUT2D eigenvalue weighted by Gasteiger charge is 2.31. The number of rotatable bonds is 4. The van der Waals surface area contributed by atoms with Gasteiger partial charge in [0.25, 0.3) is 0 Å². The maximum atomic E-state index is 15.3. The highest BCUT2D eigenvalue weighted by atomic mass is 19.1. The first-order valence-electron chi connectivity index (χ1n) is 10.5. The highest BCUT2D eigenvalue weighted by Crippen LogP contribution is 2.42. The SMILES string of the molecule is CC(=O)Nc1ccc2c(c1)CN(c1cc3c(cc1F)c(=O)c(C(=O)O)cn3C1CC1)C2C. The van der Waals surface area contributed by atoms with Crippen LogP contribution in [0.3, 0.4) is 0 Å². The molecule has 1 aliphatic heterocycles. The molecule has 1 unspecified atom stereocenters. The largest absolute Gasteiger partial charge is 0.477 e. The third-order valence-corrected chi connectivity index (χ3v) is 6.30. The van der Waals surface area contributed by atoms with Crippen molar-refractivity contribution < 1.29 is 19.1 Å². The predicted octanol–water partition coefficient (Wildman–Crippen LogP) is 4.21. The van der Waals surface area contributed by atoms with Crippen molar-refractivity contribution in [2.75, 3.05) is 10.2 Å². The number of pyridine rings is 1. The molecule has 1 fully saturated rings. The summed E-state index contributed by atoms with van der Waals surface area (Å²) in [4.78, 5) is 37.6. The third-order valence-electron chi connectivity index (χ3n) is 6.30. The molecule has 1 aliphatic carbocycles. The van der Waals surface area contributed by atoms with Gasteiger partial charge < -0.3 is 19.9 Å². The van der Waals surface area contributed by atoms with Gasteiger partial charge in [0.2, 0.25) is 11.3 Å². The number of nitrogens with zero attached hydrogens (tertiary/aromatic N) is 2. The van der Waals surface area contributed by atoms with Crippen LogP contribution >= 0.6 is 0 Å². The topological polar surface area (TPSA) is 91.6 Å². The lowest BCUT2D eigenvalue weighted by Crippen LogP contribution is -2.22. The van der Waals surface area contributed by atoms with Crippen LogP contribution in [-0.2, 0) is 11.3 Å². The van der Waals surface area contributed by atoms with Gasteiger partial charge in [0.05, 0.1) is 17.2 Å². The Morgan fingerprint density at radius 3 is 2.59 bits per heavy atom. The van der Waals surface area contributed by atoms with E-state index >= 15 is 4.39 Å². The molecule has 0 radical (unpaired) electrons. The maximum Gasteiger partial charge on any atom is 0.341 e. The van der Waals surface area contributed by atoms with Gasteiger partial charge in [0.1, 0.15) is 11.4 Å². The van der Waals surface area contributed by atoms with E-state index in [1.165, 1.54) is 13.1 Å². The molecule has 0 spiro atoms. The number of aromatic carboxylic acids is 1.